The van der Waals surface area contributed by atoms with Crippen molar-refractivity contribution < 1.29 is 35.1 Å². The summed E-state index contributed by atoms with van der Waals surface area (Å²) in [4.78, 5) is 11.4. The Labute approximate surface area is 148 Å². The van der Waals surface area contributed by atoms with Gasteiger partial charge in [0.25, 0.3) is 0 Å². The van der Waals surface area contributed by atoms with Crippen molar-refractivity contribution in [3.63, 3.8) is 0 Å². The van der Waals surface area contributed by atoms with Gasteiger partial charge in [-0.3, -0.25) is 10.1 Å². The molecule has 8 nitrogen and oxygen atoms in total. The Hall–Kier alpha value is -0.770. The third-order valence-corrected chi connectivity index (χ3v) is 5.85. The Morgan fingerprint density at radius 2 is 1.44 bits per heavy atom. The van der Waals surface area contributed by atoms with Gasteiger partial charge in [0.1, 0.15) is 22.8 Å². The lowest BCUT2D eigenvalue weighted by molar-refractivity contribution is -0.446. The predicted octanol–water partition coefficient (Wildman–Crippen LogP) is -0.174. The van der Waals surface area contributed by atoms with E-state index in [9.17, 15) is 30.3 Å². The summed E-state index contributed by atoms with van der Waals surface area (Å²) in [6.07, 6.45) is 0.311. The first-order valence-corrected chi connectivity index (χ1v) is 8.49. The molecule has 0 aromatic carbocycles. The lowest BCUT2D eigenvalue weighted by Gasteiger charge is -2.64. The molecular formula is C17H33NO7. The Morgan fingerprint density at radius 1 is 0.960 bits per heavy atom. The molecule has 8 heteroatoms. The van der Waals surface area contributed by atoms with Gasteiger partial charge in [0.2, 0.25) is 5.79 Å². The minimum absolute atomic E-state index is 0.0938. The van der Waals surface area contributed by atoms with Crippen molar-refractivity contribution in [2.75, 3.05) is 6.54 Å². The van der Waals surface area contributed by atoms with Gasteiger partial charge in [-0.05, 0) is 47.0 Å². The molecule has 0 amide bonds. The van der Waals surface area contributed by atoms with Crippen LogP contribution in [0.4, 0.5) is 0 Å². The van der Waals surface area contributed by atoms with E-state index in [0.717, 1.165) is 6.92 Å². The molecule has 1 fully saturated rings. The SMILES string of the molecule is CC(C)C[C@@H](NC[C@@]1(O)OC(C)(C)[C@@](C)(O)C(C)(O)C1(C)O)C(=O)O. The number of carbonyl (C=O) groups is 1. The molecule has 148 valence electrons. The third kappa shape index (κ3) is 3.43. The highest BCUT2D eigenvalue weighted by Gasteiger charge is 2.73. The molecule has 0 aromatic rings. The highest BCUT2D eigenvalue weighted by atomic mass is 16.7. The van der Waals surface area contributed by atoms with Crippen LogP contribution in [0.15, 0.2) is 0 Å². The number of carboxylic acids is 1. The molecule has 1 heterocycles. The smallest absolute Gasteiger partial charge is 0.320 e. The maximum absolute atomic E-state index is 11.4. The van der Waals surface area contributed by atoms with Gasteiger partial charge in [0, 0.05) is 0 Å². The van der Waals surface area contributed by atoms with E-state index in [4.69, 9.17) is 4.74 Å². The molecule has 0 spiro atoms. The largest absolute Gasteiger partial charge is 0.480 e. The molecule has 6 N–H and O–H groups in total. The number of rotatable bonds is 6. The van der Waals surface area contributed by atoms with Gasteiger partial charge in [0.05, 0.1) is 12.1 Å². The fourth-order valence-electron chi connectivity index (χ4n) is 3.27. The van der Waals surface area contributed by atoms with E-state index in [-0.39, 0.29) is 5.92 Å². The van der Waals surface area contributed by atoms with Crippen molar-refractivity contribution >= 4 is 5.97 Å². The molecule has 1 aliphatic rings. The van der Waals surface area contributed by atoms with E-state index < -0.39 is 46.7 Å². The van der Waals surface area contributed by atoms with E-state index in [1.807, 2.05) is 13.8 Å². The average molecular weight is 363 g/mol. The standard InChI is InChI=1S/C17H33NO7/c1-10(2)8-11(12(19)20)18-9-17(24)16(7,23)15(6,22)14(5,21)13(3,4)25-17/h10-11,18,21-24H,8-9H2,1-7H3,(H,19,20)/t11-,14-,15?,16?,17-/m1/s1. The average Bonchev–Trinajstić information content (AvgIpc) is 2.40. The Bertz CT molecular complexity index is 513. The summed E-state index contributed by atoms with van der Waals surface area (Å²) in [5.41, 5.74) is -7.74. The summed E-state index contributed by atoms with van der Waals surface area (Å²) >= 11 is 0. The van der Waals surface area contributed by atoms with Crippen molar-refractivity contribution in [3.8, 4) is 0 Å². The van der Waals surface area contributed by atoms with Gasteiger partial charge in [0.15, 0.2) is 0 Å². The lowest BCUT2D eigenvalue weighted by atomic mass is 9.61. The molecule has 0 saturated carbocycles. The summed E-state index contributed by atoms with van der Waals surface area (Å²) < 4.78 is 5.60. The summed E-state index contributed by atoms with van der Waals surface area (Å²) in [7, 11) is 0. The summed E-state index contributed by atoms with van der Waals surface area (Å²) in [5, 5.41) is 55.4. The number of ether oxygens (including phenoxy) is 1. The lowest BCUT2D eigenvalue weighted by Crippen LogP contribution is -2.85. The van der Waals surface area contributed by atoms with Crippen LogP contribution < -0.4 is 5.32 Å². The van der Waals surface area contributed by atoms with E-state index in [2.05, 4.69) is 5.32 Å². The zero-order chi connectivity index (χ0) is 20.1. The number of hydrogen-bond donors (Lipinski definition) is 6. The van der Waals surface area contributed by atoms with Gasteiger partial charge in [-0.1, -0.05) is 13.8 Å². The first-order valence-electron chi connectivity index (χ1n) is 8.49. The molecule has 0 aliphatic carbocycles. The fraction of sp³-hybridized carbons (Fsp3) is 0.941. The molecule has 0 bridgehead atoms. The second kappa shape index (κ2) is 6.44. The molecule has 1 rings (SSSR count). The molecular weight excluding hydrogens is 330 g/mol. The molecule has 5 atom stereocenters. The third-order valence-electron chi connectivity index (χ3n) is 5.85. The van der Waals surface area contributed by atoms with E-state index in [1.54, 1.807) is 0 Å². The van der Waals surface area contributed by atoms with Crippen molar-refractivity contribution in [3.05, 3.63) is 0 Å². The maximum Gasteiger partial charge on any atom is 0.320 e. The van der Waals surface area contributed by atoms with Crippen molar-refractivity contribution in [2.24, 2.45) is 5.92 Å². The van der Waals surface area contributed by atoms with Gasteiger partial charge in [-0.25, -0.2) is 0 Å². The minimum atomic E-state index is -2.33. The maximum atomic E-state index is 11.4. The van der Waals surface area contributed by atoms with Crippen LogP contribution in [0.2, 0.25) is 0 Å². The predicted molar refractivity (Wildman–Crippen MR) is 90.9 cm³/mol. The number of nitrogens with one attached hydrogen (secondary N) is 1. The number of aliphatic carboxylic acids is 1. The van der Waals surface area contributed by atoms with Crippen LogP contribution in [0.3, 0.4) is 0 Å². The van der Waals surface area contributed by atoms with Gasteiger partial charge in [-0.15, -0.1) is 0 Å². The van der Waals surface area contributed by atoms with Crippen LogP contribution >= 0.6 is 0 Å². The highest BCUT2D eigenvalue weighted by molar-refractivity contribution is 5.73. The van der Waals surface area contributed by atoms with Gasteiger partial charge in [-0.2, -0.15) is 0 Å². The summed E-state index contributed by atoms with van der Waals surface area (Å²) in [6.45, 7) is 9.92. The van der Waals surface area contributed by atoms with Crippen LogP contribution in [-0.2, 0) is 9.53 Å². The number of aliphatic hydroxyl groups is 4. The first-order chi connectivity index (χ1) is 10.9. The minimum Gasteiger partial charge on any atom is -0.480 e. The van der Waals surface area contributed by atoms with E-state index in [0.29, 0.717) is 6.42 Å². The Balaban J connectivity index is 3.18. The number of hydrogen-bond acceptors (Lipinski definition) is 7. The van der Waals surface area contributed by atoms with Crippen LogP contribution in [0, 0.1) is 5.92 Å². The first kappa shape index (κ1) is 22.3. The summed E-state index contributed by atoms with van der Waals surface area (Å²) in [6, 6.07) is -0.959. The fourth-order valence-corrected chi connectivity index (χ4v) is 3.27. The van der Waals surface area contributed by atoms with Gasteiger partial charge >= 0.3 is 5.97 Å². The van der Waals surface area contributed by atoms with Crippen molar-refractivity contribution in [1.82, 2.24) is 5.32 Å². The summed E-state index contributed by atoms with van der Waals surface area (Å²) in [5.74, 6) is -3.32. The zero-order valence-corrected chi connectivity index (χ0v) is 16.1. The topological polar surface area (TPSA) is 139 Å². The van der Waals surface area contributed by atoms with Crippen LogP contribution in [-0.4, -0.2) is 72.3 Å². The quantitative estimate of drug-likeness (QED) is 0.382. The Morgan fingerprint density at radius 3 is 1.84 bits per heavy atom. The molecule has 2 unspecified atom stereocenters. The number of carboxylic acid groups (broad SMARTS) is 1. The van der Waals surface area contributed by atoms with E-state index in [1.165, 1.54) is 27.7 Å². The second-order valence-electron chi connectivity index (χ2n) is 8.51. The van der Waals surface area contributed by atoms with Crippen LogP contribution in [0.25, 0.3) is 0 Å². The van der Waals surface area contributed by atoms with Crippen LogP contribution in [0.1, 0.15) is 54.9 Å². The van der Waals surface area contributed by atoms with Crippen molar-refractivity contribution in [1.29, 1.82) is 0 Å². The molecule has 0 radical (unpaired) electrons. The molecule has 1 saturated heterocycles. The van der Waals surface area contributed by atoms with Crippen molar-refractivity contribution in [2.45, 2.75) is 89.1 Å². The normalized spacial score (nSPS) is 42.4. The zero-order valence-electron chi connectivity index (χ0n) is 16.1. The molecule has 1 aliphatic heterocycles. The second-order valence-corrected chi connectivity index (χ2v) is 8.51. The molecule has 25 heavy (non-hydrogen) atoms. The van der Waals surface area contributed by atoms with Gasteiger partial charge < -0.3 is 30.3 Å². The molecule has 0 aromatic heterocycles. The van der Waals surface area contributed by atoms with Crippen LogP contribution in [0.5, 0.6) is 0 Å². The monoisotopic (exact) mass is 363 g/mol. The van der Waals surface area contributed by atoms with E-state index >= 15 is 0 Å². The Kier molecular flexibility index (Phi) is 5.73. The highest BCUT2D eigenvalue weighted by Crippen LogP contribution is 2.52.